The standard InChI is InChI=1S/C13H28N2/c1-4-8-12-11-15(10-7-9-14-12)13(5-2)6-3/h12-14H,4-11H2,1-3H3. The summed E-state index contributed by atoms with van der Waals surface area (Å²) in [6.07, 6.45) is 6.55. The van der Waals surface area contributed by atoms with Gasteiger partial charge in [-0.25, -0.2) is 0 Å². The molecule has 0 aromatic rings. The Hall–Kier alpha value is -0.0800. The second kappa shape index (κ2) is 7.24. The zero-order valence-corrected chi connectivity index (χ0v) is 10.8. The van der Waals surface area contributed by atoms with E-state index in [9.17, 15) is 0 Å². The van der Waals surface area contributed by atoms with Crippen molar-refractivity contribution in [2.24, 2.45) is 0 Å². The lowest BCUT2D eigenvalue weighted by molar-refractivity contribution is 0.180. The molecule has 0 saturated carbocycles. The molecule has 1 heterocycles. The molecule has 0 spiro atoms. The predicted octanol–water partition coefficient (Wildman–Crippen LogP) is 2.64. The highest BCUT2D eigenvalue weighted by Gasteiger charge is 2.21. The molecular weight excluding hydrogens is 184 g/mol. The van der Waals surface area contributed by atoms with Crippen LogP contribution >= 0.6 is 0 Å². The van der Waals surface area contributed by atoms with Crippen LogP contribution in [0.25, 0.3) is 0 Å². The molecule has 1 saturated heterocycles. The van der Waals surface area contributed by atoms with Crippen molar-refractivity contribution in [3.05, 3.63) is 0 Å². The fourth-order valence-corrected chi connectivity index (χ4v) is 2.71. The van der Waals surface area contributed by atoms with Crippen molar-refractivity contribution < 1.29 is 0 Å². The summed E-state index contributed by atoms with van der Waals surface area (Å²) in [6, 6.07) is 1.54. The average molecular weight is 212 g/mol. The second-order valence-electron chi connectivity index (χ2n) is 4.76. The summed E-state index contributed by atoms with van der Waals surface area (Å²) in [5.41, 5.74) is 0. The quantitative estimate of drug-likeness (QED) is 0.753. The lowest BCUT2D eigenvalue weighted by atomic mass is 10.1. The van der Waals surface area contributed by atoms with Gasteiger partial charge in [0, 0.05) is 18.6 Å². The highest BCUT2D eigenvalue weighted by molar-refractivity contribution is 4.80. The average Bonchev–Trinajstić information content (AvgIpc) is 2.46. The largest absolute Gasteiger partial charge is 0.313 e. The molecule has 0 bridgehead atoms. The van der Waals surface area contributed by atoms with E-state index in [0.29, 0.717) is 0 Å². The third-order valence-corrected chi connectivity index (χ3v) is 3.61. The Balaban J connectivity index is 2.47. The zero-order chi connectivity index (χ0) is 11.1. The van der Waals surface area contributed by atoms with E-state index < -0.39 is 0 Å². The Labute approximate surface area is 95.4 Å². The molecule has 1 fully saturated rings. The molecular formula is C13H28N2. The van der Waals surface area contributed by atoms with Crippen LogP contribution in [0.1, 0.15) is 52.9 Å². The fourth-order valence-electron chi connectivity index (χ4n) is 2.71. The van der Waals surface area contributed by atoms with E-state index >= 15 is 0 Å². The summed E-state index contributed by atoms with van der Waals surface area (Å²) < 4.78 is 0. The smallest absolute Gasteiger partial charge is 0.0195 e. The summed E-state index contributed by atoms with van der Waals surface area (Å²) in [5.74, 6) is 0. The number of nitrogens with one attached hydrogen (secondary N) is 1. The van der Waals surface area contributed by atoms with Gasteiger partial charge in [0.1, 0.15) is 0 Å². The maximum absolute atomic E-state index is 3.67. The van der Waals surface area contributed by atoms with Gasteiger partial charge < -0.3 is 5.32 Å². The summed E-state index contributed by atoms with van der Waals surface area (Å²) >= 11 is 0. The van der Waals surface area contributed by atoms with Crippen molar-refractivity contribution >= 4 is 0 Å². The minimum atomic E-state index is 0.734. The maximum Gasteiger partial charge on any atom is 0.0195 e. The van der Waals surface area contributed by atoms with E-state index in [1.54, 1.807) is 0 Å². The van der Waals surface area contributed by atoms with E-state index in [-0.39, 0.29) is 0 Å². The van der Waals surface area contributed by atoms with Crippen molar-refractivity contribution in [3.63, 3.8) is 0 Å². The first-order chi connectivity index (χ1) is 7.31. The van der Waals surface area contributed by atoms with Gasteiger partial charge in [0.15, 0.2) is 0 Å². The molecule has 2 heteroatoms. The minimum Gasteiger partial charge on any atom is -0.313 e. The molecule has 1 atom stereocenters. The minimum absolute atomic E-state index is 0.734. The van der Waals surface area contributed by atoms with E-state index in [1.165, 1.54) is 51.7 Å². The van der Waals surface area contributed by atoms with Gasteiger partial charge in [0.2, 0.25) is 0 Å². The van der Waals surface area contributed by atoms with Crippen LogP contribution in [0.2, 0.25) is 0 Å². The highest BCUT2D eigenvalue weighted by Crippen LogP contribution is 2.13. The first-order valence-corrected chi connectivity index (χ1v) is 6.79. The Bertz CT molecular complexity index is 155. The van der Waals surface area contributed by atoms with Gasteiger partial charge in [-0.1, -0.05) is 27.2 Å². The molecule has 90 valence electrons. The van der Waals surface area contributed by atoms with Crippen molar-refractivity contribution in [2.75, 3.05) is 19.6 Å². The normalized spacial score (nSPS) is 24.4. The topological polar surface area (TPSA) is 15.3 Å². The van der Waals surface area contributed by atoms with Crippen LogP contribution in [0.5, 0.6) is 0 Å². The van der Waals surface area contributed by atoms with Crippen LogP contribution in [0.3, 0.4) is 0 Å². The van der Waals surface area contributed by atoms with E-state index in [1.807, 2.05) is 0 Å². The molecule has 0 amide bonds. The molecule has 15 heavy (non-hydrogen) atoms. The monoisotopic (exact) mass is 212 g/mol. The van der Waals surface area contributed by atoms with Crippen LogP contribution < -0.4 is 5.32 Å². The lowest BCUT2D eigenvalue weighted by Gasteiger charge is -2.31. The third-order valence-electron chi connectivity index (χ3n) is 3.61. The predicted molar refractivity (Wildman–Crippen MR) is 67.3 cm³/mol. The highest BCUT2D eigenvalue weighted by atomic mass is 15.2. The Kier molecular flexibility index (Phi) is 6.26. The van der Waals surface area contributed by atoms with Crippen molar-refractivity contribution in [3.8, 4) is 0 Å². The summed E-state index contributed by atoms with van der Waals surface area (Å²) in [4.78, 5) is 2.71. The van der Waals surface area contributed by atoms with Crippen LogP contribution in [0, 0.1) is 0 Å². The number of rotatable bonds is 5. The Morgan fingerprint density at radius 3 is 2.60 bits per heavy atom. The van der Waals surface area contributed by atoms with Gasteiger partial charge in [0.05, 0.1) is 0 Å². The van der Waals surface area contributed by atoms with Crippen molar-refractivity contribution in [1.82, 2.24) is 10.2 Å². The zero-order valence-electron chi connectivity index (χ0n) is 10.8. The van der Waals surface area contributed by atoms with Crippen molar-refractivity contribution in [1.29, 1.82) is 0 Å². The SMILES string of the molecule is CCCC1CN(C(CC)CC)CCCN1. The fraction of sp³-hybridized carbons (Fsp3) is 1.00. The van der Waals surface area contributed by atoms with Crippen LogP contribution in [-0.2, 0) is 0 Å². The van der Waals surface area contributed by atoms with Gasteiger partial charge in [-0.2, -0.15) is 0 Å². The van der Waals surface area contributed by atoms with Crippen LogP contribution in [-0.4, -0.2) is 36.6 Å². The van der Waals surface area contributed by atoms with Crippen LogP contribution in [0.4, 0.5) is 0 Å². The second-order valence-corrected chi connectivity index (χ2v) is 4.76. The van der Waals surface area contributed by atoms with Gasteiger partial charge in [-0.15, -0.1) is 0 Å². The van der Waals surface area contributed by atoms with E-state index in [2.05, 4.69) is 31.0 Å². The molecule has 1 unspecified atom stereocenters. The van der Waals surface area contributed by atoms with Gasteiger partial charge >= 0.3 is 0 Å². The molecule has 0 aromatic heterocycles. The first-order valence-electron chi connectivity index (χ1n) is 6.79. The van der Waals surface area contributed by atoms with Gasteiger partial charge in [-0.05, 0) is 38.8 Å². The molecule has 0 radical (unpaired) electrons. The summed E-state index contributed by atoms with van der Waals surface area (Å²) in [5, 5.41) is 3.67. The van der Waals surface area contributed by atoms with Gasteiger partial charge in [-0.3, -0.25) is 4.90 Å². The molecule has 1 aliphatic rings. The van der Waals surface area contributed by atoms with Crippen molar-refractivity contribution in [2.45, 2.75) is 65.0 Å². The summed E-state index contributed by atoms with van der Waals surface area (Å²) in [7, 11) is 0. The first kappa shape index (κ1) is 13.0. The molecule has 1 rings (SSSR count). The molecule has 1 N–H and O–H groups in total. The van der Waals surface area contributed by atoms with Gasteiger partial charge in [0.25, 0.3) is 0 Å². The Morgan fingerprint density at radius 2 is 2.00 bits per heavy atom. The Morgan fingerprint density at radius 1 is 1.27 bits per heavy atom. The lowest BCUT2D eigenvalue weighted by Crippen LogP contribution is -2.42. The molecule has 2 nitrogen and oxygen atoms in total. The third kappa shape index (κ3) is 4.12. The molecule has 0 aromatic carbocycles. The van der Waals surface area contributed by atoms with E-state index in [4.69, 9.17) is 0 Å². The molecule has 1 aliphatic heterocycles. The molecule has 0 aliphatic carbocycles. The number of nitrogens with zero attached hydrogens (tertiary/aromatic N) is 1. The maximum atomic E-state index is 3.67. The number of hydrogen-bond donors (Lipinski definition) is 1. The van der Waals surface area contributed by atoms with E-state index in [0.717, 1.165) is 12.1 Å². The number of hydrogen-bond acceptors (Lipinski definition) is 2. The summed E-state index contributed by atoms with van der Waals surface area (Å²) in [6.45, 7) is 10.7. The van der Waals surface area contributed by atoms with Crippen LogP contribution in [0.15, 0.2) is 0 Å².